The summed E-state index contributed by atoms with van der Waals surface area (Å²) in [6.45, 7) is 2.43. The molecule has 2 nitrogen and oxygen atoms in total. The van der Waals surface area contributed by atoms with Crippen LogP contribution in [-0.4, -0.2) is 17.5 Å². The van der Waals surface area contributed by atoms with Crippen molar-refractivity contribution in [2.45, 2.75) is 19.1 Å². The Bertz CT molecular complexity index is 56.6. The first-order chi connectivity index (χ1) is 2.77. The first kappa shape index (κ1) is 4.09. The summed E-state index contributed by atoms with van der Waals surface area (Å²) in [5, 5.41) is 8.72. The van der Waals surface area contributed by atoms with Crippen molar-refractivity contribution in [2.75, 3.05) is 6.61 Å². The predicted octanol–water partition coefficient (Wildman–Crippen LogP) is 0.115. The number of hydrogen-bond acceptors (Lipinski definition) is 2. The molecule has 1 aliphatic rings. The Morgan fingerprint density at radius 2 is 2.50 bits per heavy atom. The molecule has 1 atom stereocenters. The molecule has 0 aromatic carbocycles. The Morgan fingerprint density at radius 3 is 2.50 bits per heavy atom. The molecule has 0 aliphatic carbocycles. The standard InChI is InChI=1S/C4H8O2/c1-2-4(5)3-6-4/h5H,2-3H2,1H3. The van der Waals surface area contributed by atoms with E-state index in [9.17, 15) is 0 Å². The van der Waals surface area contributed by atoms with Crippen LogP contribution in [0.5, 0.6) is 0 Å². The average Bonchev–Trinajstić information content (AvgIpc) is 2.22. The van der Waals surface area contributed by atoms with E-state index in [-0.39, 0.29) is 0 Å². The van der Waals surface area contributed by atoms with Crippen LogP contribution in [0, 0.1) is 0 Å². The van der Waals surface area contributed by atoms with Crippen LogP contribution < -0.4 is 0 Å². The third kappa shape index (κ3) is 0.533. The van der Waals surface area contributed by atoms with E-state index in [2.05, 4.69) is 4.74 Å². The van der Waals surface area contributed by atoms with Crippen LogP contribution in [0.15, 0.2) is 0 Å². The summed E-state index contributed by atoms with van der Waals surface area (Å²) < 4.78 is 4.60. The topological polar surface area (TPSA) is 32.8 Å². The molecule has 0 amide bonds. The highest BCUT2D eigenvalue weighted by Gasteiger charge is 2.39. The Kier molecular flexibility index (Phi) is 0.648. The van der Waals surface area contributed by atoms with Crippen molar-refractivity contribution in [3.05, 3.63) is 0 Å². The van der Waals surface area contributed by atoms with Crippen molar-refractivity contribution in [1.82, 2.24) is 0 Å². The van der Waals surface area contributed by atoms with E-state index in [4.69, 9.17) is 5.11 Å². The molecule has 1 aliphatic heterocycles. The summed E-state index contributed by atoms with van der Waals surface area (Å²) >= 11 is 0. The molecule has 0 aromatic heterocycles. The minimum Gasteiger partial charge on any atom is -0.364 e. The first-order valence-electron chi connectivity index (χ1n) is 2.13. The van der Waals surface area contributed by atoms with Crippen molar-refractivity contribution in [1.29, 1.82) is 0 Å². The van der Waals surface area contributed by atoms with Crippen molar-refractivity contribution in [3.8, 4) is 0 Å². The van der Waals surface area contributed by atoms with E-state index >= 15 is 0 Å². The van der Waals surface area contributed by atoms with Gasteiger partial charge < -0.3 is 9.84 Å². The molecule has 0 bridgehead atoms. The summed E-state index contributed by atoms with van der Waals surface area (Å²) in [7, 11) is 0. The molecule has 0 radical (unpaired) electrons. The molecule has 1 N–H and O–H groups in total. The van der Waals surface area contributed by atoms with Gasteiger partial charge in [-0.3, -0.25) is 0 Å². The lowest BCUT2D eigenvalue weighted by molar-refractivity contribution is 0.0334. The van der Waals surface area contributed by atoms with Gasteiger partial charge in [-0.05, 0) is 0 Å². The van der Waals surface area contributed by atoms with Crippen LogP contribution >= 0.6 is 0 Å². The Hall–Kier alpha value is -0.0800. The molecule has 0 spiro atoms. The summed E-state index contributed by atoms with van der Waals surface area (Å²) in [5.74, 6) is -0.708. The Labute approximate surface area is 36.7 Å². The first-order valence-corrected chi connectivity index (χ1v) is 2.13. The SMILES string of the molecule is CCC1(O)CO1. The highest BCUT2D eigenvalue weighted by Crippen LogP contribution is 2.25. The minimum absolute atomic E-state index is 0.531. The van der Waals surface area contributed by atoms with Crippen LogP contribution in [0.2, 0.25) is 0 Å². The maximum atomic E-state index is 8.72. The fraction of sp³-hybridized carbons (Fsp3) is 1.00. The predicted molar refractivity (Wildman–Crippen MR) is 21.2 cm³/mol. The molecule has 1 saturated heterocycles. The van der Waals surface area contributed by atoms with Crippen LogP contribution in [0.25, 0.3) is 0 Å². The summed E-state index contributed by atoms with van der Waals surface area (Å²) in [5.41, 5.74) is 0. The van der Waals surface area contributed by atoms with Gasteiger partial charge in [-0.1, -0.05) is 6.92 Å². The molecule has 1 unspecified atom stereocenters. The van der Waals surface area contributed by atoms with Gasteiger partial charge in [0.15, 0.2) is 5.79 Å². The quantitative estimate of drug-likeness (QED) is 0.461. The van der Waals surface area contributed by atoms with Gasteiger partial charge in [0.2, 0.25) is 0 Å². The van der Waals surface area contributed by atoms with Gasteiger partial charge in [-0.25, -0.2) is 0 Å². The monoisotopic (exact) mass is 88.1 g/mol. The van der Waals surface area contributed by atoms with Gasteiger partial charge in [0.25, 0.3) is 0 Å². The Balaban J connectivity index is 2.28. The lowest BCUT2D eigenvalue weighted by atomic mass is 10.3. The number of rotatable bonds is 1. The zero-order valence-electron chi connectivity index (χ0n) is 3.77. The molecule has 36 valence electrons. The second-order valence-corrected chi connectivity index (χ2v) is 1.59. The second kappa shape index (κ2) is 0.950. The highest BCUT2D eigenvalue weighted by atomic mass is 16.7. The minimum atomic E-state index is -0.708. The fourth-order valence-corrected chi connectivity index (χ4v) is 0.287. The third-order valence-corrected chi connectivity index (χ3v) is 1.03. The van der Waals surface area contributed by atoms with Gasteiger partial charge in [-0.15, -0.1) is 0 Å². The van der Waals surface area contributed by atoms with E-state index in [0.717, 1.165) is 0 Å². The molecule has 1 fully saturated rings. The lowest BCUT2D eigenvalue weighted by Gasteiger charge is -1.91. The molecule has 6 heavy (non-hydrogen) atoms. The molecule has 0 aromatic rings. The molecular weight excluding hydrogens is 80.0 g/mol. The summed E-state index contributed by atoms with van der Waals surface area (Å²) in [6, 6.07) is 0. The zero-order chi connectivity index (χ0) is 4.62. The number of ether oxygens (including phenoxy) is 1. The number of epoxide rings is 1. The smallest absolute Gasteiger partial charge is 0.189 e. The van der Waals surface area contributed by atoms with Gasteiger partial charge >= 0.3 is 0 Å². The summed E-state index contributed by atoms with van der Waals surface area (Å²) in [6.07, 6.45) is 0.715. The van der Waals surface area contributed by atoms with E-state index in [1.807, 2.05) is 6.92 Å². The van der Waals surface area contributed by atoms with Crippen molar-refractivity contribution in [2.24, 2.45) is 0 Å². The number of aliphatic hydroxyl groups is 1. The van der Waals surface area contributed by atoms with Gasteiger partial charge in [0.05, 0.1) is 0 Å². The lowest BCUT2D eigenvalue weighted by Crippen LogP contribution is -2.04. The van der Waals surface area contributed by atoms with Crippen molar-refractivity contribution >= 4 is 0 Å². The molecule has 1 heterocycles. The van der Waals surface area contributed by atoms with Crippen molar-refractivity contribution < 1.29 is 9.84 Å². The molecular formula is C4H8O2. The van der Waals surface area contributed by atoms with E-state index in [0.29, 0.717) is 13.0 Å². The van der Waals surface area contributed by atoms with Crippen LogP contribution in [0.1, 0.15) is 13.3 Å². The second-order valence-electron chi connectivity index (χ2n) is 1.59. The van der Waals surface area contributed by atoms with Crippen molar-refractivity contribution in [3.63, 3.8) is 0 Å². The maximum absolute atomic E-state index is 8.72. The Morgan fingerprint density at radius 1 is 2.00 bits per heavy atom. The fourth-order valence-electron chi connectivity index (χ4n) is 0.287. The van der Waals surface area contributed by atoms with E-state index < -0.39 is 5.79 Å². The zero-order valence-corrected chi connectivity index (χ0v) is 3.77. The van der Waals surface area contributed by atoms with Crippen LogP contribution in [0.3, 0.4) is 0 Å². The van der Waals surface area contributed by atoms with Gasteiger partial charge in [0, 0.05) is 6.42 Å². The largest absolute Gasteiger partial charge is 0.364 e. The number of hydrogen-bond donors (Lipinski definition) is 1. The summed E-state index contributed by atoms with van der Waals surface area (Å²) in [4.78, 5) is 0. The van der Waals surface area contributed by atoms with Gasteiger partial charge in [-0.2, -0.15) is 0 Å². The third-order valence-electron chi connectivity index (χ3n) is 1.03. The molecule has 2 heteroatoms. The normalized spacial score (nSPS) is 43.0. The molecule has 1 rings (SSSR count). The maximum Gasteiger partial charge on any atom is 0.189 e. The van der Waals surface area contributed by atoms with Gasteiger partial charge in [0.1, 0.15) is 6.61 Å². The molecule has 0 saturated carbocycles. The van der Waals surface area contributed by atoms with E-state index in [1.54, 1.807) is 0 Å². The highest BCUT2D eigenvalue weighted by molar-refractivity contribution is 4.75. The van der Waals surface area contributed by atoms with Crippen LogP contribution in [0.4, 0.5) is 0 Å². The van der Waals surface area contributed by atoms with E-state index in [1.165, 1.54) is 0 Å². The van der Waals surface area contributed by atoms with Crippen LogP contribution in [-0.2, 0) is 4.74 Å². The average molecular weight is 88.1 g/mol.